The fourth-order valence-electron chi connectivity index (χ4n) is 7.80. The topological polar surface area (TPSA) is 86.8 Å². The molecule has 2 aliphatic heterocycles. The van der Waals surface area contributed by atoms with Gasteiger partial charge < -0.3 is 19.8 Å². The van der Waals surface area contributed by atoms with Crippen molar-refractivity contribution in [3.63, 3.8) is 0 Å². The Kier molecular flexibility index (Phi) is 9.71. The van der Waals surface area contributed by atoms with Gasteiger partial charge in [0.1, 0.15) is 5.75 Å². The number of hydrogen-bond acceptors (Lipinski definition) is 4. The van der Waals surface area contributed by atoms with Crippen molar-refractivity contribution in [1.29, 1.82) is 0 Å². The minimum Gasteiger partial charge on any atom is -0.494 e. The van der Waals surface area contributed by atoms with Crippen molar-refractivity contribution in [2.45, 2.75) is 38.7 Å². The summed E-state index contributed by atoms with van der Waals surface area (Å²) in [6.45, 7) is 4.29. The normalized spacial score (nSPS) is 12.3. The van der Waals surface area contributed by atoms with Crippen LogP contribution in [0, 0.1) is 0 Å². The van der Waals surface area contributed by atoms with Crippen molar-refractivity contribution in [2.24, 2.45) is 0 Å². The number of rotatable bonds is 10. The third-order valence-electron chi connectivity index (χ3n) is 10.5. The molecule has 5 heterocycles. The zero-order valence-corrected chi connectivity index (χ0v) is 32.2. The predicted molar refractivity (Wildman–Crippen MR) is 236 cm³/mol. The van der Waals surface area contributed by atoms with Crippen molar-refractivity contribution in [2.75, 3.05) is 6.61 Å². The fraction of sp³-hybridized carbons (Fsp3) is 0.137. The highest BCUT2D eigenvalue weighted by atomic mass is 16.5. The largest absolute Gasteiger partial charge is 0.494 e. The van der Waals surface area contributed by atoms with Crippen LogP contribution in [0.2, 0.25) is 0 Å². The molecule has 0 amide bonds. The number of fused-ring (bicyclic) bond motifs is 8. The van der Waals surface area contributed by atoms with Gasteiger partial charge in [-0.2, -0.15) is 0 Å². The molecule has 6 nitrogen and oxygen atoms in total. The average molecular weight is 745 g/mol. The third kappa shape index (κ3) is 7.60. The Bertz CT molecular complexity index is 2740. The van der Waals surface area contributed by atoms with Gasteiger partial charge in [0.15, 0.2) is 0 Å². The minimum absolute atomic E-state index is 0.596. The van der Waals surface area contributed by atoms with Crippen LogP contribution >= 0.6 is 0 Å². The summed E-state index contributed by atoms with van der Waals surface area (Å²) < 4.78 is 6.14. The van der Waals surface area contributed by atoms with Gasteiger partial charge in [-0.15, -0.1) is 0 Å². The lowest BCUT2D eigenvalue weighted by molar-refractivity contribution is 0.0670. The quantitative estimate of drug-likeness (QED) is 0.122. The van der Waals surface area contributed by atoms with Crippen LogP contribution in [-0.2, 0) is 0 Å². The van der Waals surface area contributed by atoms with Gasteiger partial charge in [-0.25, -0.2) is 9.97 Å². The number of nitrogens with zero attached hydrogens (tertiary/aromatic N) is 2. The maximum Gasteiger partial charge on any atom is 0.119 e. The molecule has 57 heavy (non-hydrogen) atoms. The number of unbranched alkanes of at least 4 members (excludes halogenated alkanes) is 1. The van der Waals surface area contributed by atoms with Crippen LogP contribution in [0.1, 0.15) is 55.9 Å². The zero-order chi connectivity index (χ0) is 38.8. The van der Waals surface area contributed by atoms with E-state index in [0.717, 1.165) is 114 Å². The lowest BCUT2D eigenvalue weighted by Gasteiger charge is -2.16. The van der Waals surface area contributed by atoms with Crippen LogP contribution in [0.25, 0.3) is 90.9 Å². The molecule has 3 N–H and O–H groups in total. The number of aromatic amines is 2. The van der Waals surface area contributed by atoms with E-state index in [9.17, 15) is 5.11 Å². The maximum absolute atomic E-state index is 10.1. The number of aromatic nitrogens is 4. The molecule has 9 rings (SSSR count). The van der Waals surface area contributed by atoms with E-state index in [1.165, 1.54) is 0 Å². The molecule has 8 bridgehead atoms. The van der Waals surface area contributed by atoms with Crippen molar-refractivity contribution in [3.8, 4) is 50.3 Å². The van der Waals surface area contributed by atoms with Crippen molar-refractivity contribution < 1.29 is 9.84 Å². The number of nitrogens with one attached hydrogen (secondary N) is 2. The number of hydrogen-bond donors (Lipinski definition) is 3. The Labute approximate surface area is 332 Å². The zero-order valence-electron chi connectivity index (χ0n) is 32.2. The van der Waals surface area contributed by atoms with Crippen molar-refractivity contribution in [3.05, 3.63) is 162 Å². The maximum atomic E-state index is 10.1. The number of H-pyrrole nitrogens is 2. The number of aliphatic hydroxyl groups is 1. The molecule has 0 saturated heterocycles. The van der Waals surface area contributed by atoms with Crippen LogP contribution in [0.5, 0.6) is 5.75 Å². The summed E-state index contributed by atoms with van der Waals surface area (Å²) in [5.74, 6) is 0.811. The molecule has 0 saturated carbocycles. The van der Waals surface area contributed by atoms with E-state index in [4.69, 9.17) is 14.7 Å². The molecule has 7 aromatic rings. The van der Waals surface area contributed by atoms with Gasteiger partial charge in [0.2, 0.25) is 0 Å². The van der Waals surface area contributed by atoms with Gasteiger partial charge in [-0.05, 0) is 116 Å². The van der Waals surface area contributed by atoms with Gasteiger partial charge >= 0.3 is 0 Å². The first-order chi connectivity index (χ1) is 27.9. The molecule has 0 radical (unpaired) electrons. The van der Waals surface area contributed by atoms with E-state index in [1.54, 1.807) is 0 Å². The Morgan fingerprint density at radius 1 is 0.456 bits per heavy atom. The molecule has 3 aromatic heterocycles. The second kappa shape index (κ2) is 15.4. The summed E-state index contributed by atoms with van der Waals surface area (Å²) >= 11 is 0. The standard InChI is InChI=1S/C51H44N4O2/c1-51(2,56)32-12-13-33-57-38-22-20-37(21-23-38)50-45-30-28-43(54-45)48(35-16-8-4-9-17-35)41-26-24-39(52-41)47(34-14-6-3-7-15-34)40-25-27-42(53-40)49(36-18-10-5-11-19-36)44-29-31-46(50)55-44/h3-11,14-31,52,55-56H,12-13,32-33H2,1-2H3. The second-order valence-electron chi connectivity index (χ2n) is 15.2. The van der Waals surface area contributed by atoms with Gasteiger partial charge in [0.05, 0.1) is 35.0 Å². The molecular formula is C51H44N4O2. The SMILES string of the molecule is CC(C)(O)CCCCOc1ccc(-c2c3nc(c(-c4ccccc4)c4ccc([nH]4)c(-c4ccccc4)c4nc(c(-c5ccccc5)c5ccc2[nH]5)C=C4)C=C3)cc1. The highest BCUT2D eigenvalue weighted by molar-refractivity contribution is 5.99. The van der Waals surface area contributed by atoms with E-state index in [-0.39, 0.29) is 0 Å². The molecule has 4 aromatic carbocycles. The fourth-order valence-corrected chi connectivity index (χ4v) is 7.80. The molecule has 0 fully saturated rings. The van der Waals surface area contributed by atoms with Gasteiger partial charge in [0.25, 0.3) is 0 Å². The molecule has 0 spiro atoms. The third-order valence-corrected chi connectivity index (χ3v) is 10.5. The van der Waals surface area contributed by atoms with Gasteiger partial charge in [-0.3, -0.25) is 0 Å². The molecule has 6 heteroatoms. The average Bonchev–Trinajstić information content (AvgIpc) is 4.07. The molecule has 0 aliphatic carbocycles. The monoisotopic (exact) mass is 744 g/mol. The first-order valence-electron chi connectivity index (χ1n) is 19.7. The second-order valence-corrected chi connectivity index (χ2v) is 15.2. The summed E-state index contributed by atoms with van der Waals surface area (Å²) in [6.07, 6.45) is 11.0. The Morgan fingerprint density at radius 2 is 0.807 bits per heavy atom. The molecular weight excluding hydrogens is 701 g/mol. The number of benzene rings is 4. The minimum atomic E-state index is -0.660. The smallest absolute Gasteiger partial charge is 0.119 e. The molecule has 0 atom stereocenters. The summed E-state index contributed by atoms with van der Waals surface area (Å²) in [7, 11) is 0. The Morgan fingerprint density at radius 3 is 1.16 bits per heavy atom. The van der Waals surface area contributed by atoms with Crippen LogP contribution in [0.3, 0.4) is 0 Å². The summed E-state index contributed by atoms with van der Waals surface area (Å²) in [6, 6.07) is 48.3. The lowest BCUT2D eigenvalue weighted by atomic mass is 10.0. The van der Waals surface area contributed by atoms with E-state index in [2.05, 4.69) is 143 Å². The van der Waals surface area contributed by atoms with Gasteiger partial charge in [0, 0.05) is 44.3 Å². The van der Waals surface area contributed by atoms with E-state index in [0.29, 0.717) is 6.61 Å². The Hall–Kier alpha value is -6.76. The van der Waals surface area contributed by atoms with E-state index < -0.39 is 5.60 Å². The van der Waals surface area contributed by atoms with Crippen molar-refractivity contribution >= 4 is 46.4 Å². The highest BCUT2D eigenvalue weighted by Gasteiger charge is 2.19. The highest BCUT2D eigenvalue weighted by Crippen LogP contribution is 2.38. The Balaban J connectivity index is 1.30. The number of ether oxygens (including phenoxy) is 1. The first kappa shape index (κ1) is 35.9. The van der Waals surface area contributed by atoms with Crippen LogP contribution < -0.4 is 4.74 Å². The van der Waals surface area contributed by atoms with Crippen molar-refractivity contribution in [1.82, 2.24) is 19.9 Å². The lowest BCUT2D eigenvalue weighted by Crippen LogP contribution is -2.18. The van der Waals surface area contributed by atoms with Gasteiger partial charge in [-0.1, -0.05) is 103 Å². The molecule has 280 valence electrons. The van der Waals surface area contributed by atoms with Crippen LogP contribution in [0.15, 0.2) is 140 Å². The summed E-state index contributed by atoms with van der Waals surface area (Å²) in [4.78, 5) is 18.4. The molecule has 2 aliphatic rings. The van der Waals surface area contributed by atoms with Crippen LogP contribution in [0.4, 0.5) is 0 Å². The summed E-state index contributed by atoms with van der Waals surface area (Å²) in [5, 5.41) is 10.1. The van der Waals surface area contributed by atoms with E-state index >= 15 is 0 Å². The van der Waals surface area contributed by atoms with E-state index in [1.807, 2.05) is 44.2 Å². The first-order valence-corrected chi connectivity index (χ1v) is 19.7. The summed E-state index contributed by atoms with van der Waals surface area (Å²) in [5.41, 5.74) is 15.0. The molecule has 0 unspecified atom stereocenters. The van der Waals surface area contributed by atoms with Crippen LogP contribution in [-0.4, -0.2) is 37.3 Å². The predicted octanol–water partition coefficient (Wildman–Crippen LogP) is 12.6.